The van der Waals surface area contributed by atoms with Crippen molar-refractivity contribution in [1.82, 2.24) is 0 Å². The van der Waals surface area contributed by atoms with Crippen LogP contribution in [0.25, 0.3) is 0 Å². The van der Waals surface area contributed by atoms with Gasteiger partial charge in [-0.25, -0.2) is 8.42 Å². The average molecular weight is 375 g/mol. The van der Waals surface area contributed by atoms with Crippen molar-refractivity contribution in [2.45, 2.75) is 21.6 Å². The number of sulfone groups is 1. The molecule has 7 heteroatoms. The summed E-state index contributed by atoms with van der Waals surface area (Å²) in [5.41, 5.74) is 0.825. The van der Waals surface area contributed by atoms with E-state index in [1.54, 1.807) is 37.3 Å². The third-order valence-corrected chi connectivity index (χ3v) is 5.73. The fraction of sp³-hybridized carbons (Fsp3) is 0.133. The molecule has 2 aromatic rings. The van der Waals surface area contributed by atoms with Crippen molar-refractivity contribution in [2.24, 2.45) is 0 Å². The number of rotatable bonds is 4. The Morgan fingerprint density at radius 1 is 1.14 bits per heavy atom. The SMILES string of the molecule is Cc1cc(Sc2ccc(Cl)cc2)c(S(C)(=O)=O)cc1C(=O)Cl. The topological polar surface area (TPSA) is 51.2 Å². The van der Waals surface area contributed by atoms with E-state index in [1.165, 1.54) is 17.8 Å². The highest BCUT2D eigenvalue weighted by Crippen LogP contribution is 2.35. The molecule has 0 fully saturated rings. The van der Waals surface area contributed by atoms with Gasteiger partial charge in [-0.05, 0) is 60.5 Å². The molecule has 0 saturated heterocycles. The van der Waals surface area contributed by atoms with E-state index in [0.717, 1.165) is 11.2 Å². The summed E-state index contributed by atoms with van der Waals surface area (Å²) in [5, 5.41) is -0.0719. The summed E-state index contributed by atoms with van der Waals surface area (Å²) in [6.07, 6.45) is 1.10. The van der Waals surface area contributed by atoms with Crippen LogP contribution in [0.5, 0.6) is 0 Å². The van der Waals surface area contributed by atoms with Gasteiger partial charge in [-0.3, -0.25) is 4.79 Å². The van der Waals surface area contributed by atoms with E-state index in [2.05, 4.69) is 0 Å². The third kappa shape index (κ3) is 4.04. The lowest BCUT2D eigenvalue weighted by atomic mass is 10.1. The Hall–Kier alpha value is -1.01. The summed E-state index contributed by atoms with van der Waals surface area (Å²) in [6.45, 7) is 1.72. The molecule has 2 aromatic carbocycles. The summed E-state index contributed by atoms with van der Waals surface area (Å²) in [7, 11) is -3.49. The van der Waals surface area contributed by atoms with Gasteiger partial charge in [0.15, 0.2) is 9.84 Å². The van der Waals surface area contributed by atoms with Gasteiger partial charge in [0, 0.05) is 26.6 Å². The minimum Gasteiger partial charge on any atom is -0.276 e. The smallest absolute Gasteiger partial charge is 0.252 e. The van der Waals surface area contributed by atoms with E-state index in [4.69, 9.17) is 23.2 Å². The van der Waals surface area contributed by atoms with Crippen LogP contribution in [-0.4, -0.2) is 19.9 Å². The van der Waals surface area contributed by atoms with E-state index in [9.17, 15) is 13.2 Å². The molecule has 0 N–H and O–H groups in total. The highest BCUT2D eigenvalue weighted by Gasteiger charge is 2.19. The molecule has 0 bridgehead atoms. The van der Waals surface area contributed by atoms with Crippen LogP contribution in [0.15, 0.2) is 51.1 Å². The lowest BCUT2D eigenvalue weighted by molar-refractivity contribution is 0.108. The molecule has 22 heavy (non-hydrogen) atoms. The predicted molar refractivity (Wildman–Crippen MR) is 90.0 cm³/mol. The Morgan fingerprint density at radius 3 is 2.23 bits per heavy atom. The number of benzene rings is 2. The van der Waals surface area contributed by atoms with Gasteiger partial charge in [-0.2, -0.15) is 0 Å². The van der Waals surface area contributed by atoms with Crippen molar-refractivity contribution < 1.29 is 13.2 Å². The van der Waals surface area contributed by atoms with Crippen LogP contribution >= 0.6 is 35.0 Å². The van der Waals surface area contributed by atoms with Gasteiger partial charge in [0.2, 0.25) is 0 Å². The van der Waals surface area contributed by atoms with Gasteiger partial charge in [0.1, 0.15) is 0 Å². The minimum absolute atomic E-state index is 0.0852. The van der Waals surface area contributed by atoms with Crippen molar-refractivity contribution in [2.75, 3.05) is 6.26 Å². The lowest BCUT2D eigenvalue weighted by Gasteiger charge is -2.11. The van der Waals surface area contributed by atoms with E-state index >= 15 is 0 Å². The maximum absolute atomic E-state index is 12.0. The first-order valence-corrected chi connectivity index (χ1v) is 9.63. The van der Waals surface area contributed by atoms with Crippen molar-refractivity contribution in [3.8, 4) is 0 Å². The van der Waals surface area contributed by atoms with E-state index < -0.39 is 15.1 Å². The van der Waals surface area contributed by atoms with Crippen LogP contribution in [-0.2, 0) is 9.84 Å². The average Bonchev–Trinajstić information content (AvgIpc) is 2.39. The van der Waals surface area contributed by atoms with E-state index in [1.807, 2.05) is 0 Å². The summed E-state index contributed by atoms with van der Waals surface area (Å²) in [5.74, 6) is 0. The van der Waals surface area contributed by atoms with Crippen LogP contribution in [0.3, 0.4) is 0 Å². The molecule has 116 valence electrons. The summed E-state index contributed by atoms with van der Waals surface area (Å²) in [6, 6.07) is 10.1. The first-order chi connectivity index (χ1) is 10.2. The van der Waals surface area contributed by atoms with Crippen LogP contribution in [0.1, 0.15) is 15.9 Å². The molecule has 0 aliphatic heterocycles. The van der Waals surface area contributed by atoms with Gasteiger partial charge in [0.25, 0.3) is 5.24 Å². The van der Waals surface area contributed by atoms with E-state index in [0.29, 0.717) is 15.5 Å². The Balaban J connectivity index is 2.57. The van der Waals surface area contributed by atoms with Crippen LogP contribution < -0.4 is 0 Å². The Bertz CT molecular complexity index is 829. The second-order valence-corrected chi connectivity index (χ2v) is 8.59. The van der Waals surface area contributed by atoms with Crippen LogP contribution in [0.4, 0.5) is 0 Å². The van der Waals surface area contributed by atoms with Gasteiger partial charge in [-0.1, -0.05) is 23.4 Å². The monoisotopic (exact) mass is 374 g/mol. The van der Waals surface area contributed by atoms with Gasteiger partial charge >= 0.3 is 0 Å². The largest absolute Gasteiger partial charge is 0.276 e. The number of hydrogen-bond acceptors (Lipinski definition) is 4. The molecular formula is C15H12Cl2O3S2. The molecular weight excluding hydrogens is 363 g/mol. The van der Waals surface area contributed by atoms with Crippen LogP contribution in [0.2, 0.25) is 5.02 Å². The van der Waals surface area contributed by atoms with Crippen molar-refractivity contribution in [3.05, 3.63) is 52.5 Å². The first kappa shape index (κ1) is 17.3. The molecule has 0 radical (unpaired) electrons. The Kier molecular flexibility index (Phi) is 5.22. The molecule has 0 atom stereocenters. The highest BCUT2D eigenvalue weighted by molar-refractivity contribution is 8.00. The summed E-state index contributed by atoms with van der Waals surface area (Å²) in [4.78, 5) is 12.9. The summed E-state index contributed by atoms with van der Waals surface area (Å²) < 4.78 is 24.0. The van der Waals surface area contributed by atoms with Crippen molar-refractivity contribution >= 4 is 50.0 Å². The maximum Gasteiger partial charge on any atom is 0.252 e. The molecule has 0 heterocycles. The molecule has 0 aliphatic carbocycles. The number of carbonyl (C=O) groups is 1. The molecule has 0 saturated carbocycles. The second kappa shape index (κ2) is 6.62. The maximum atomic E-state index is 12.0. The molecule has 0 aromatic heterocycles. The minimum atomic E-state index is -3.49. The number of halogens is 2. The van der Waals surface area contributed by atoms with Gasteiger partial charge in [-0.15, -0.1) is 0 Å². The van der Waals surface area contributed by atoms with Crippen molar-refractivity contribution in [1.29, 1.82) is 0 Å². The molecule has 2 rings (SSSR count). The predicted octanol–water partition coefficient (Wildman–Crippen LogP) is 4.58. The Labute approximate surface area is 143 Å². The standard InChI is InChI=1S/C15H12Cl2O3S2/c1-9-7-13(21-11-5-3-10(16)4-6-11)14(22(2,19)20)8-12(9)15(17)18/h3-8H,1-2H3. The normalized spacial score (nSPS) is 11.5. The quantitative estimate of drug-likeness (QED) is 0.734. The fourth-order valence-electron chi connectivity index (χ4n) is 1.87. The van der Waals surface area contributed by atoms with Gasteiger partial charge in [0.05, 0.1) is 4.90 Å². The second-order valence-electron chi connectivity index (χ2n) is 4.72. The summed E-state index contributed by atoms with van der Waals surface area (Å²) >= 11 is 12.6. The molecule has 0 aliphatic rings. The van der Waals surface area contributed by atoms with Crippen molar-refractivity contribution in [3.63, 3.8) is 0 Å². The fourth-order valence-corrected chi connectivity index (χ4v) is 4.46. The molecule has 0 amide bonds. The molecule has 0 spiro atoms. The molecule has 0 unspecified atom stereocenters. The first-order valence-electron chi connectivity index (χ1n) is 6.16. The molecule has 3 nitrogen and oxygen atoms in total. The third-order valence-electron chi connectivity index (χ3n) is 2.94. The van der Waals surface area contributed by atoms with E-state index in [-0.39, 0.29) is 10.5 Å². The number of carbonyl (C=O) groups excluding carboxylic acids is 1. The lowest BCUT2D eigenvalue weighted by Crippen LogP contribution is -2.04. The number of aryl methyl sites for hydroxylation is 1. The highest BCUT2D eigenvalue weighted by atomic mass is 35.5. The zero-order chi connectivity index (χ0) is 16.5. The zero-order valence-corrected chi connectivity index (χ0v) is 14.9. The Morgan fingerprint density at radius 2 is 1.73 bits per heavy atom. The number of hydrogen-bond donors (Lipinski definition) is 0. The van der Waals surface area contributed by atoms with Crippen LogP contribution in [0, 0.1) is 6.92 Å². The zero-order valence-electron chi connectivity index (χ0n) is 11.8. The van der Waals surface area contributed by atoms with Gasteiger partial charge < -0.3 is 0 Å².